The van der Waals surface area contributed by atoms with Crippen LogP contribution in [-0.4, -0.2) is 30.1 Å². The van der Waals surface area contributed by atoms with Crippen molar-refractivity contribution in [2.75, 3.05) is 6.61 Å². The van der Waals surface area contributed by atoms with Crippen LogP contribution in [0.5, 0.6) is 0 Å². The van der Waals surface area contributed by atoms with Gasteiger partial charge in [0.15, 0.2) is 5.79 Å². The Bertz CT molecular complexity index is 428. The molecule has 4 aliphatic rings. The first kappa shape index (κ1) is 14.3. The zero-order chi connectivity index (χ0) is 14.8. The average Bonchev–Trinajstić information content (AvgIpc) is 2.57. The molecule has 3 saturated carbocycles. The van der Waals surface area contributed by atoms with Crippen LogP contribution in [0.15, 0.2) is 0 Å². The van der Waals surface area contributed by atoms with Crippen molar-refractivity contribution in [1.82, 2.24) is 0 Å². The van der Waals surface area contributed by atoms with Gasteiger partial charge in [0.05, 0.1) is 12.7 Å². The van der Waals surface area contributed by atoms with Crippen LogP contribution in [0.3, 0.4) is 0 Å². The highest BCUT2D eigenvalue weighted by molar-refractivity contribution is 5.65. The molecule has 4 fully saturated rings. The third-order valence-corrected chi connectivity index (χ3v) is 5.76. The summed E-state index contributed by atoms with van der Waals surface area (Å²) in [4.78, 5) is 11.0. The minimum Gasteiger partial charge on any atom is -0.466 e. The van der Waals surface area contributed by atoms with Gasteiger partial charge < -0.3 is 14.2 Å². The molecular weight excluding hydrogens is 256 g/mol. The second kappa shape index (κ2) is 4.20. The van der Waals surface area contributed by atoms with Crippen LogP contribution >= 0.6 is 0 Å². The molecule has 0 amide bonds. The van der Waals surface area contributed by atoms with Gasteiger partial charge in [0.1, 0.15) is 5.60 Å². The van der Waals surface area contributed by atoms with E-state index in [-0.39, 0.29) is 17.7 Å². The summed E-state index contributed by atoms with van der Waals surface area (Å²) in [5.41, 5.74) is 0.0215. The average molecular weight is 282 g/mol. The van der Waals surface area contributed by atoms with E-state index in [0.29, 0.717) is 17.9 Å². The lowest BCUT2D eigenvalue weighted by atomic mass is 9.43. The minimum atomic E-state index is -0.533. The minimum absolute atomic E-state index is 0.143. The molecule has 4 rings (SSSR count). The fourth-order valence-electron chi connectivity index (χ4n) is 4.78. The molecule has 3 aliphatic carbocycles. The number of ether oxygens (including phenoxy) is 3. The van der Waals surface area contributed by atoms with Crippen molar-refractivity contribution < 1.29 is 19.0 Å². The SMILES string of the molecule is CC(=O)OCC[C@@]12OC(C)(C)OC1CC1CC2C1(C)C. The van der Waals surface area contributed by atoms with Gasteiger partial charge in [-0.3, -0.25) is 4.79 Å². The summed E-state index contributed by atoms with van der Waals surface area (Å²) < 4.78 is 17.7. The van der Waals surface area contributed by atoms with Crippen LogP contribution in [-0.2, 0) is 19.0 Å². The Hall–Kier alpha value is -0.610. The maximum Gasteiger partial charge on any atom is 0.302 e. The number of hydrogen-bond acceptors (Lipinski definition) is 4. The van der Waals surface area contributed by atoms with Gasteiger partial charge in [-0.05, 0) is 43.9 Å². The van der Waals surface area contributed by atoms with Gasteiger partial charge in [0.25, 0.3) is 0 Å². The van der Waals surface area contributed by atoms with Gasteiger partial charge in [0.2, 0.25) is 0 Å². The van der Waals surface area contributed by atoms with Gasteiger partial charge in [0, 0.05) is 13.3 Å². The Morgan fingerprint density at radius 1 is 1.25 bits per heavy atom. The van der Waals surface area contributed by atoms with Crippen molar-refractivity contribution in [3.05, 3.63) is 0 Å². The van der Waals surface area contributed by atoms with E-state index >= 15 is 0 Å². The normalized spacial score (nSPS) is 43.5. The lowest BCUT2D eigenvalue weighted by Crippen LogP contribution is -2.67. The van der Waals surface area contributed by atoms with E-state index in [2.05, 4.69) is 13.8 Å². The Balaban J connectivity index is 1.83. The molecule has 0 spiro atoms. The number of rotatable bonds is 3. The molecule has 0 aromatic rings. The van der Waals surface area contributed by atoms with E-state index in [9.17, 15) is 4.79 Å². The second-order valence-corrected chi connectivity index (χ2v) is 7.70. The quantitative estimate of drug-likeness (QED) is 0.747. The highest BCUT2D eigenvalue weighted by atomic mass is 16.8. The molecule has 0 aromatic carbocycles. The highest BCUT2D eigenvalue weighted by Crippen LogP contribution is 2.67. The van der Waals surface area contributed by atoms with Crippen molar-refractivity contribution in [1.29, 1.82) is 0 Å². The standard InChI is InChI=1S/C16H26O4/c1-10(17)18-7-6-16-12-8-11(14(12,2)3)9-13(16)19-15(4,5)20-16/h11-13H,6-9H2,1-5H3/t11?,12?,13?,16-/m0/s1. The molecule has 1 saturated heterocycles. The molecule has 1 heterocycles. The molecule has 4 heteroatoms. The molecule has 20 heavy (non-hydrogen) atoms. The first-order valence-corrected chi connectivity index (χ1v) is 7.69. The van der Waals surface area contributed by atoms with Crippen molar-refractivity contribution in [3.63, 3.8) is 0 Å². The zero-order valence-electron chi connectivity index (χ0n) is 13.2. The summed E-state index contributed by atoms with van der Waals surface area (Å²) in [6.45, 7) is 10.5. The van der Waals surface area contributed by atoms with Gasteiger partial charge in [-0.15, -0.1) is 0 Å². The summed E-state index contributed by atoms with van der Waals surface area (Å²) in [7, 11) is 0. The monoisotopic (exact) mass is 282 g/mol. The molecule has 1 aliphatic heterocycles. The van der Waals surface area contributed by atoms with Crippen LogP contribution in [0.25, 0.3) is 0 Å². The Labute approximate surface area is 121 Å². The second-order valence-electron chi connectivity index (χ2n) is 7.70. The van der Waals surface area contributed by atoms with Gasteiger partial charge >= 0.3 is 5.97 Å². The number of carbonyl (C=O) groups excluding carboxylic acids is 1. The summed E-state index contributed by atoms with van der Waals surface area (Å²) in [6, 6.07) is 0. The van der Waals surface area contributed by atoms with E-state index in [0.717, 1.165) is 18.8 Å². The third-order valence-electron chi connectivity index (χ3n) is 5.76. The molecule has 2 bridgehead atoms. The molecule has 0 radical (unpaired) electrons. The fraction of sp³-hybridized carbons (Fsp3) is 0.938. The van der Waals surface area contributed by atoms with Crippen LogP contribution in [0, 0.1) is 17.3 Å². The van der Waals surface area contributed by atoms with Crippen LogP contribution in [0.1, 0.15) is 53.9 Å². The zero-order valence-corrected chi connectivity index (χ0v) is 13.2. The lowest BCUT2D eigenvalue weighted by molar-refractivity contribution is -0.234. The van der Waals surface area contributed by atoms with Gasteiger partial charge in [-0.2, -0.15) is 0 Å². The molecule has 4 nitrogen and oxygen atoms in total. The summed E-state index contributed by atoms with van der Waals surface area (Å²) >= 11 is 0. The predicted molar refractivity (Wildman–Crippen MR) is 74.0 cm³/mol. The number of carbonyl (C=O) groups is 1. The van der Waals surface area contributed by atoms with Gasteiger partial charge in [-0.1, -0.05) is 13.8 Å². The molecular formula is C16H26O4. The summed E-state index contributed by atoms with van der Waals surface area (Å²) in [6.07, 6.45) is 3.15. The number of esters is 1. The largest absolute Gasteiger partial charge is 0.466 e. The van der Waals surface area contributed by atoms with Crippen molar-refractivity contribution in [2.24, 2.45) is 17.3 Å². The molecule has 3 unspecified atom stereocenters. The highest BCUT2D eigenvalue weighted by Gasteiger charge is 2.70. The summed E-state index contributed by atoms with van der Waals surface area (Å²) in [5, 5.41) is 0. The Morgan fingerprint density at radius 2 is 1.95 bits per heavy atom. The maximum atomic E-state index is 11.0. The van der Waals surface area contributed by atoms with E-state index in [1.54, 1.807) is 0 Å². The van der Waals surface area contributed by atoms with Crippen molar-refractivity contribution in [2.45, 2.75) is 71.4 Å². The van der Waals surface area contributed by atoms with Crippen LogP contribution in [0.4, 0.5) is 0 Å². The first-order valence-electron chi connectivity index (χ1n) is 7.69. The van der Waals surface area contributed by atoms with E-state index in [1.165, 1.54) is 13.3 Å². The topological polar surface area (TPSA) is 44.8 Å². The van der Waals surface area contributed by atoms with E-state index < -0.39 is 5.79 Å². The molecule has 0 N–H and O–H groups in total. The molecule has 0 aromatic heterocycles. The van der Waals surface area contributed by atoms with E-state index in [1.807, 2.05) is 13.8 Å². The van der Waals surface area contributed by atoms with Crippen molar-refractivity contribution in [3.8, 4) is 0 Å². The van der Waals surface area contributed by atoms with Crippen molar-refractivity contribution >= 4 is 5.97 Å². The van der Waals surface area contributed by atoms with Gasteiger partial charge in [-0.25, -0.2) is 0 Å². The Kier molecular flexibility index (Phi) is 3.01. The predicted octanol–water partition coefficient (Wildman–Crippen LogP) is 2.90. The Morgan fingerprint density at radius 3 is 2.55 bits per heavy atom. The number of hydrogen-bond donors (Lipinski definition) is 0. The van der Waals surface area contributed by atoms with E-state index in [4.69, 9.17) is 14.2 Å². The molecule has 4 atom stereocenters. The molecule has 114 valence electrons. The fourth-order valence-corrected chi connectivity index (χ4v) is 4.78. The maximum absolute atomic E-state index is 11.0. The third kappa shape index (κ3) is 1.92. The van der Waals surface area contributed by atoms with Crippen LogP contribution in [0.2, 0.25) is 0 Å². The first-order chi connectivity index (χ1) is 9.17. The lowest BCUT2D eigenvalue weighted by Gasteiger charge is -2.64. The van der Waals surface area contributed by atoms with Crippen LogP contribution < -0.4 is 0 Å². The smallest absolute Gasteiger partial charge is 0.302 e. The summed E-state index contributed by atoms with van der Waals surface area (Å²) in [5.74, 6) is 0.472.